The molecule has 4 nitrogen and oxygen atoms in total. The van der Waals surface area contributed by atoms with Crippen molar-refractivity contribution in [3.05, 3.63) is 24.3 Å². The fourth-order valence-electron chi connectivity index (χ4n) is 1.92. The number of carbonyl (C=O) groups is 1. The Morgan fingerprint density at radius 3 is 2.94 bits per heavy atom. The topological polar surface area (TPSA) is 42.4 Å². The molecular weight excluding hydrogens is 248 g/mol. The summed E-state index contributed by atoms with van der Waals surface area (Å²) in [6.45, 7) is 2.49. The first-order valence-corrected chi connectivity index (χ1v) is 6.54. The van der Waals surface area contributed by atoms with E-state index in [2.05, 4.69) is 9.27 Å². The Morgan fingerprint density at radius 2 is 2.22 bits per heavy atom. The normalized spacial score (nSPS) is 12.4. The van der Waals surface area contributed by atoms with Gasteiger partial charge in [-0.15, -0.1) is 0 Å². The minimum Gasteiger partial charge on any atom is -0.469 e. The molecule has 0 saturated heterocycles. The van der Waals surface area contributed by atoms with Crippen molar-refractivity contribution in [1.82, 2.24) is 4.37 Å². The number of aromatic nitrogens is 1. The fourth-order valence-corrected chi connectivity index (χ4v) is 2.75. The number of methoxy groups -OCH3 is 1. The maximum Gasteiger partial charge on any atom is 0.310 e. The number of carbonyl (C=O) groups excluding carboxylic acids is 1. The molecule has 5 heteroatoms. The van der Waals surface area contributed by atoms with Gasteiger partial charge in [-0.2, -0.15) is 4.37 Å². The first-order chi connectivity index (χ1) is 8.63. The summed E-state index contributed by atoms with van der Waals surface area (Å²) in [7, 11) is 3.39. The van der Waals surface area contributed by atoms with E-state index < -0.39 is 0 Å². The Morgan fingerprint density at radius 1 is 1.50 bits per heavy atom. The molecule has 0 aliphatic carbocycles. The van der Waals surface area contributed by atoms with E-state index in [4.69, 9.17) is 4.74 Å². The number of benzene rings is 1. The van der Waals surface area contributed by atoms with Gasteiger partial charge in [0.25, 0.3) is 0 Å². The van der Waals surface area contributed by atoms with Crippen molar-refractivity contribution in [1.29, 1.82) is 0 Å². The number of ether oxygens (including phenoxy) is 1. The van der Waals surface area contributed by atoms with E-state index in [-0.39, 0.29) is 11.9 Å². The summed E-state index contributed by atoms with van der Waals surface area (Å²) in [6, 6.07) is 8.01. The number of nitrogens with zero attached hydrogens (tertiary/aromatic N) is 2. The Kier molecular flexibility index (Phi) is 3.81. The van der Waals surface area contributed by atoms with E-state index >= 15 is 0 Å². The van der Waals surface area contributed by atoms with Crippen LogP contribution in [-0.4, -0.2) is 31.0 Å². The molecule has 0 radical (unpaired) electrons. The van der Waals surface area contributed by atoms with Crippen LogP contribution in [0.25, 0.3) is 10.9 Å². The van der Waals surface area contributed by atoms with E-state index in [1.165, 1.54) is 18.6 Å². The van der Waals surface area contributed by atoms with Crippen LogP contribution < -0.4 is 4.90 Å². The lowest BCUT2D eigenvalue weighted by molar-refractivity contribution is -0.144. The van der Waals surface area contributed by atoms with Gasteiger partial charge in [0.2, 0.25) is 0 Å². The maximum atomic E-state index is 11.4. The highest BCUT2D eigenvalue weighted by Gasteiger charge is 2.18. The van der Waals surface area contributed by atoms with Crippen molar-refractivity contribution >= 4 is 33.4 Å². The van der Waals surface area contributed by atoms with Gasteiger partial charge in [0.05, 0.1) is 18.5 Å². The van der Waals surface area contributed by atoms with Crippen molar-refractivity contribution in [2.24, 2.45) is 5.92 Å². The zero-order valence-corrected chi connectivity index (χ0v) is 11.5. The van der Waals surface area contributed by atoms with E-state index in [0.29, 0.717) is 6.54 Å². The monoisotopic (exact) mass is 264 g/mol. The lowest BCUT2D eigenvalue weighted by Crippen LogP contribution is -2.28. The molecule has 0 spiro atoms. The van der Waals surface area contributed by atoms with Crippen molar-refractivity contribution < 1.29 is 9.53 Å². The fraction of sp³-hybridized carbons (Fsp3) is 0.385. The molecule has 0 fully saturated rings. The summed E-state index contributed by atoms with van der Waals surface area (Å²) in [4.78, 5) is 13.5. The minimum absolute atomic E-state index is 0.152. The third-order valence-corrected chi connectivity index (χ3v) is 3.86. The third kappa shape index (κ3) is 2.46. The lowest BCUT2D eigenvalue weighted by atomic mass is 10.1. The number of fused-ring (bicyclic) bond motifs is 1. The molecule has 1 heterocycles. The van der Waals surface area contributed by atoms with Gasteiger partial charge in [0.15, 0.2) is 0 Å². The SMILES string of the molecule is COC(=O)C(C)CN(C)c1snc2ccccc12. The van der Waals surface area contributed by atoms with Crippen molar-refractivity contribution in [2.75, 3.05) is 25.6 Å². The number of hydrogen-bond acceptors (Lipinski definition) is 5. The predicted octanol–water partition coefficient (Wildman–Crippen LogP) is 2.54. The first kappa shape index (κ1) is 12.8. The van der Waals surface area contributed by atoms with Crippen LogP contribution in [0, 0.1) is 5.92 Å². The Balaban J connectivity index is 2.18. The molecular formula is C13H16N2O2S. The molecule has 0 aliphatic rings. The zero-order chi connectivity index (χ0) is 13.1. The van der Waals surface area contributed by atoms with Crippen molar-refractivity contribution in [3.8, 4) is 0 Å². The highest BCUT2D eigenvalue weighted by molar-refractivity contribution is 7.11. The minimum atomic E-state index is -0.185. The maximum absolute atomic E-state index is 11.4. The van der Waals surface area contributed by atoms with Crippen LogP contribution in [-0.2, 0) is 9.53 Å². The summed E-state index contributed by atoms with van der Waals surface area (Å²) in [5, 5.41) is 2.21. The molecule has 18 heavy (non-hydrogen) atoms. The molecule has 0 aliphatic heterocycles. The van der Waals surface area contributed by atoms with Gasteiger partial charge < -0.3 is 9.64 Å². The smallest absolute Gasteiger partial charge is 0.310 e. The Labute approximate surface area is 110 Å². The predicted molar refractivity (Wildman–Crippen MR) is 74.1 cm³/mol. The second-order valence-electron chi connectivity index (χ2n) is 4.31. The van der Waals surface area contributed by atoms with Crippen molar-refractivity contribution in [3.63, 3.8) is 0 Å². The molecule has 0 amide bonds. The van der Waals surface area contributed by atoms with Gasteiger partial charge in [0, 0.05) is 19.0 Å². The largest absolute Gasteiger partial charge is 0.469 e. The summed E-state index contributed by atoms with van der Waals surface area (Å²) >= 11 is 1.46. The molecule has 0 bridgehead atoms. The van der Waals surface area contributed by atoms with Crippen LogP contribution in [0.4, 0.5) is 5.00 Å². The van der Waals surface area contributed by atoms with Crippen LogP contribution in [0.2, 0.25) is 0 Å². The zero-order valence-electron chi connectivity index (χ0n) is 10.7. The van der Waals surface area contributed by atoms with Gasteiger partial charge in [-0.05, 0) is 23.7 Å². The molecule has 1 unspecified atom stereocenters. The molecule has 1 aromatic carbocycles. The van der Waals surface area contributed by atoms with E-state index in [1.807, 2.05) is 38.2 Å². The Hall–Kier alpha value is -1.62. The number of hydrogen-bond donors (Lipinski definition) is 0. The van der Waals surface area contributed by atoms with E-state index in [9.17, 15) is 4.79 Å². The average Bonchev–Trinajstić information content (AvgIpc) is 2.81. The summed E-state index contributed by atoms with van der Waals surface area (Å²) in [5.41, 5.74) is 0.995. The molecule has 2 aromatic rings. The van der Waals surface area contributed by atoms with Gasteiger partial charge in [-0.25, -0.2) is 0 Å². The number of anilines is 1. The molecule has 96 valence electrons. The molecule has 1 atom stereocenters. The lowest BCUT2D eigenvalue weighted by Gasteiger charge is -2.20. The van der Waals surface area contributed by atoms with E-state index in [1.54, 1.807) is 0 Å². The third-order valence-electron chi connectivity index (χ3n) is 2.86. The summed E-state index contributed by atoms with van der Waals surface area (Å²) in [6.07, 6.45) is 0. The second-order valence-corrected chi connectivity index (χ2v) is 5.06. The Bertz CT molecular complexity index is 553. The molecule has 2 rings (SSSR count). The van der Waals surface area contributed by atoms with Crippen molar-refractivity contribution in [2.45, 2.75) is 6.92 Å². The van der Waals surface area contributed by atoms with Gasteiger partial charge in [0.1, 0.15) is 5.00 Å². The first-order valence-electron chi connectivity index (χ1n) is 5.77. The molecule has 0 N–H and O–H groups in total. The summed E-state index contributed by atoms with van der Waals surface area (Å²) < 4.78 is 9.14. The highest BCUT2D eigenvalue weighted by Crippen LogP contribution is 2.30. The molecule has 0 saturated carbocycles. The molecule has 1 aromatic heterocycles. The van der Waals surface area contributed by atoms with Gasteiger partial charge in [-0.3, -0.25) is 4.79 Å². The van der Waals surface area contributed by atoms with Gasteiger partial charge in [-0.1, -0.05) is 19.1 Å². The standard InChI is InChI=1S/C13H16N2O2S/c1-9(13(16)17-3)8-15(2)12-10-6-4-5-7-11(10)14-18-12/h4-7,9H,8H2,1-3H3. The van der Waals surface area contributed by atoms with Crippen LogP contribution in [0.1, 0.15) is 6.92 Å². The van der Waals surface area contributed by atoms with Crippen LogP contribution in [0.5, 0.6) is 0 Å². The van der Waals surface area contributed by atoms with Crippen LogP contribution in [0.3, 0.4) is 0 Å². The number of esters is 1. The van der Waals surface area contributed by atoms with E-state index in [0.717, 1.165) is 15.9 Å². The second kappa shape index (κ2) is 5.35. The summed E-state index contributed by atoms with van der Waals surface area (Å²) in [5.74, 6) is -0.337. The van der Waals surface area contributed by atoms with Crippen LogP contribution >= 0.6 is 11.5 Å². The van der Waals surface area contributed by atoms with Gasteiger partial charge >= 0.3 is 5.97 Å². The average molecular weight is 264 g/mol. The quantitative estimate of drug-likeness (QED) is 0.796. The highest BCUT2D eigenvalue weighted by atomic mass is 32.1. The number of rotatable bonds is 4. The van der Waals surface area contributed by atoms with Crippen LogP contribution in [0.15, 0.2) is 24.3 Å².